The first-order chi connectivity index (χ1) is 5.24. The van der Waals surface area contributed by atoms with Crippen molar-refractivity contribution >= 4 is 5.71 Å². The molecule has 11 heavy (non-hydrogen) atoms. The zero-order chi connectivity index (χ0) is 8.27. The van der Waals surface area contributed by atoms with Crippen molar-refractivity contribution in [3.63, 3.8) is 0 Å². The summed E-state index contributed by atoms with van der Waals surface area (Å²) in [4.78, 5) is 0. The highest BCUT2D eigenvalue weighted by Gasteiger charge is 1.97. The van der Waals surface area contributed by atoms with Crippen LogP contribution in [0, 0.1) is 23.7 Å². The molecule has 0 spiro atoms. The Hall–Kier alpha value is -1.62. The molecule has 0 unspecified atom stereocenters. The van der Waals surface area contributed by atoms with Crippen molar-refractivity contribution in [2.24, 2.45) is 0 Å². The van der Waals surface area contributed by atoms with E-state index in [1.807, 2.05) is 25.1 Å². The maximum absolute atomic E-state index is 8.40. The highest BCUT2D eigenvalue weighted by molar-refractivity contribution is 6.09. The second-order valence-corrected chi connectivity index (χ2v) is 2.36. The summed E-state index contributed by atoms with van der Waals surface area (Å²) in [6.45, 7) is 1.94. The molecule has 1 aromatic rings. The fourth-order valence-corrected chi connectivity index (χ4v) is 0.865. The molecule has 1 aromatic carbocycles. The lowest BCUT2D eigenvalue weighted by molar-refractivity contribution is 1.42. The topological polar surface area (TPSA) is 47.6 Å². The smallest absolute Gasteiger partial charge is 0.139 e. The Bertz CT molecular complexity index is 321. The van der Waals surface area contributed by atoms with Gasteiger partial charge in [0.2, 0.25) is 0 Å². The molecule has 0 aliphatic heterocycles. The minimum Gasteiger partial charge on any atom is -0.290 e. The van der Waals surface area contributed by atoms with Gasteiger partial charge in [-0.2, -0.15) is 5.26 Å². The Morgan fingerprint density at radius 3 is 2.82 bits per heavy atom. The van der Waals surface area contributed by atoms with Gasteiger partial charge in [0.05, 0.1) is 0 Å². The highest BCUT2D eigenvalue weighted by atomic mass is 14.4. The number of benzene rings is 1. The maximum Gasteiger partial charge on any atom is 0.139 e. The van der Waals surface area contributed by atoms with Crippen LogP contribution >= 0.6 is 0 Å². The van der Waals surface area contributed by atoms with Gasteiger partial charge in [-0.25, -0.2) is 0 Å². The molecular weight excluding hydrogens is 136 g/mol. The van der Waals surface area contributed by atoms with E-state index in [-0.39, 0.29) is 5.71 Å². The van der Waals surface area contributed by atoms with Gasteiger partial charge in [0.1, 0.15) is 11.8 Å². The highest BCUT2D eigenvalue weighted by Crippen LogP contribution is 2.03. The Morgan fingerprint density at radius 1 is 1.55 bits per heavy atom. The van der Waals surface area contributed by atoms with Crippen molar-refractivity contribution in [3.8, 4) is 6.07 Å². The second-order valence-electron chi connectivity index (χ2n) is 2.36. The summed E-state index contributed by atoms with van der Waals surface area (Å²) in [6.07, 6.45) is 0. The minimum absolute atomic E-state index is 0.0219. The van der Waals surface area contributed by atoms with E-state index in [0.29, 0.717) is 5.56 Å². The molecule has 0 atom stereocenters. The van der Waals surface area contributed by atoms with Crippen molar-refractivity contribution in [1.29, 1.82) is 10.7 Å². The third-order valence-electron chi connectivity index (χ3n) is 1.42. The molecule has 1 N–H and O–H groups in total. The van der Waals surface area contributed by atoms with Crippen LogP contribution in [0.2, 0.25) is 0 Å². The van der Waals surface area contributed by atoms with Crippen molar-refractivity contribution in [2.75, 3.05) is 0 Å². The van der Waals surface area contributed by atoms with Gasteiger partial charge in [0, 0.05) is 5.56 Å². The Kier molecular flexibility index (Phi) is 2.03. The third-order valence-corrected chi connectivity index (χ3v) is 1.42. The van der Waals surface area contributed by atoms with Crippen LogP contribution in [0.25, 0.3) is 0 Å². The predicted molar refractivity (Wildman–Crippen MR) is 43.6 cm³/mol. The van der Waals surface area contributed by atoms with Gasteiger partial charge < -0.3 is 0 Å². The Balaban J connectivity index is 3.08. The predicted octanol–water partition coefficient (Wildman–Crippen LogP) is 1.89. The van der Waals surface area contributed by atoms with Crippen LogP contribution in [-0.2, 0) is 0 Å². The molecule has 0 aliphatic rings. The quantitative estimate of drug-likeness (QED) is 0.601. The summed E-state index contributed by atoms with van der Waals surface area (Å²) in [5, 5.41) is 15.6. The number of hydrogen-bond acceptors (Lipinski definition) is 2. The lowest BCUT2D eigenvalue weighted by atomic mass is 10.1. The van der Waals surface area contributed by atoms with E-state index in [4.69, 9.17) is 10.7 Å². The molecule has 2 nitrogen and oxygen atoms in total. The number of aryl methyl sites for hydroxylation is 1. The molecule has 2 heteroatoms. The van der Waals surface area contributed by atoms with Crippen LogP contribution in [0.4, 0.5) is 0 Å². The van der Waals surface area contributed by atoms with E-state index < -0.39 is 0 Å². The zero-order valence-electron chi connectivity index (χ0n) is 6.26. The Labute approximate surface area is 65.6 Å². The normalized spacial score (nSPS) is 8.73. The first kappa shape index (κ1) is 7.49. The van der Waals surface area contributed by atoms with Crippen LogP contribution in [0.15, 0.2) is 24.3 Å². The third kappa shape index (κ3) is 1.65. The van der Waals surface area contributed by atoms with Gasteiger partial charge in [-0.3, -0.25) is 5.41 Å². The fraction of sp³-hybridized carbons (Fsp3) is 0.111. The van der Waals surface area contributed by atoms with E-state index in [2.05, 4.69) is 0 Å². The monoisotopic (exact) mass is 144 g/mol. The number of rotatable bonds is 1. The van der Waals surface area contributed by atoms with Gasteiger partial charge in [0.25, 0.3) is 0 Å². The van der Waals surface area contributed by atoms with Crippen molar-refractivity contribution < 1.29 is 0 Å². The summed E-state index contributed by atoms with van der Waals surface area (Å²) in [5.41, 5.74) is 1.78. The van der Waals surface area contributed by atoms with E-state index >= 15 is 0 Å². The minimum atomic E-state index is 0.0219. The summed E-state index contributed by atoms with van der Waals surface area (Å²) in [6, 6.07) is 9.16. The summed E-state index contributed by atoms with van der Waals surface area (Å²) in [5.74, 6) is 0. The van der Waals surface area contributed by atoms with Crippen molar-refractivity contribution in [3.05, 3.63) is 35.4 Å². The Morgan fingerprint density at radius 2 is 2.27 bits per heavy atom. The van der Waals surface area contributed by atoms with Crippen LogP contribution in [0.1, 0.15) is 11.1 Å². The van der Waals surface area contributed by atoms with Gasteiger partial charge in [-0.15, -0.1) is 0 Å². The van der Waals surface area contributed by atoms with Gasteiger partial charge in [0.15, 0.2) is 0 Å². The molecule has 0 amide bonds. The molecule has 0 aromatic heterocycles. The molecular formula is C9H8N2. The first-order valence-corrected chi connectivity index (χ1v) is 3.29. The number of nitriles is 1. The van der Waals surface area contributed by atoms with Crippen molar-refractivity contribution in [2.45, 2.75) is 6.92 Å². The van der Waals surface area contributed by atoms with E-state index in [1.165, 1.54) is 0 Å². The van der Waals surface area contributed by atoms with E-state index in [9.17, 15) is 0 Å². The van der Waals surface area contributed by atoms with Crippen LogP contribution in [0.5, 0.6) is 0 Å². The summed E-state index contributed by atoms with van der Waals surface area (Å²) >= 11 is 0. The maximum atomic E-state index is 8.40. The molecule has 0 heterocycles. The fourth-order valence-electron chi connectivity index (χ4n) is 0.865. The average molecular weight is 144 g/mol. The lowest BCUT2D eigenvalue weighted by Gasteiger charge is -1.95. The van der Waals surface area contributed by atoms with Gasteiger partial charge in [-0.1, -0.05) is 23.8 Å². The molecule has 0 saturated carbocycles. The van der Waals surface area contributed by atoms with Crippen LogP contribution in [0.3, 0.4) is 0 Å². The van der Waals surface area contributed by atoms with Crippen LogP contribution < -0.4 is 0 Å². The van der Waals surface area contributed by atoms with Crippen LogP contribution in [-0.4, -0.2) is 5.71 Å². The molecule has 54 valence electrons. The standard InChI is InChI=1S/C9H8N2/c1-7-3-2-4-8(5-7)9(11)6-10/h2-5,11H,1H3. The SMILES string of the molecule is Cc1cccc(C(=N)C#N)c1. The van der Waals surface area contributed by atoms with E-state index in [1.54, 1.807) is 12.1 Å². The van der Waals surface area contributed by atoms with Crippen molar-refractivity contribution in [1.82, 2.24) is 0 Å². The molecule has 0 aliphatic carbocycles. The molecule has 0 bridgehead atoms. The molecule has 1 rings (SSSR count). The second kappa shape index (κ2) is 2.98. The summed E-state index contributed by atoms with van der Waals surface area (Å²) in [7, 11) is 0. The summed E-state index contributed by atoms with van der Waals surface area (Å²) < 4.78 is 0. The number of nitrogens with zero attached hydrogens (tertiary/aromatic N) is 1. The number of hydrogen-bond donors (Lipinski definition) is 1. The molecule has 0 saturated heterocycles. The van der Waals surface area contributed by atoms with E-state index in [0.717, 1.165) is 5.56 Å². The molecule has 0 fully saturated rings. The number of nitrogens with one attached hydrogen (secondary N) is 1. The first-order valence-electron chi connectivity index (χ1n) is 3.29. The average Bonchev–Trinajstić information content (AvgIpc) is 2.03. The zero-order valence-corrected chi connectivity index (χ0v) is 6.26. The lowest BCUT2D eigenvalue weighted by Crippen LogP contribution is -1.93. The van der Waals surface area contributed by atoms with Gasteiger partial charge >= 0.3 is 0 Å². The molecule has 0 radical (unpaired) electrons. The largest absolute Gasteiger partial charge is 0.290 e. The van der Waals surface area contributed by atoms with Gasteiger partial charge in [-0.05, 0) is 13.0 Å².